The highest BCUT2D eigenvalue weighted by Gasteiger charge is 2.49. The minimum absolute atomic E-state index is 0.0387. The van der Waals surface area contributed by atoms with Crippen molar-refractivity contribution in [3.63, 3.8) is 0 Å². The van der Waals surface area contributed by atoms with Crippen LogP contribution in [0.15, 0.2) is 24.3 Å². The number of phenols is 1. The van der Waals surface area contributed by atoms with Gasteiger partial charge in [-0.3, -0.25) is 4.90 Å². The van der Waals surface area contributed by atoms with Crippen LogP contribution < -0.4 is 15.0 Å². The molecule has 2 N–H and O–H groups in total. The first-order valence-corrected chi connectivity index (χ1v) is 15.6. The number of nitrogens with zero attached hydrogens (tertiary/aromatic N) is 5. The number of hydrogen-bond donors (Lipinski definition) is 2. The zero-order chi connectivity index (χ0) is 31.7. The number of aromatic nitrogens is 3. The Bertz CT molecular complexity index is 1960. The molecule has 0 radical (unpaired) electrons. The van der Waals surface area contributed by atoms with E-state index in [1.807, 2.05) is 6.40 Å². The van der Waals surface area contributed by atoms with Crippen molar-refractivity contribution in [2.75, 3.05) is 37.7 Å². The first-order chi connectivity index (χ1) is 22.2. The van der Waals surface area contributed by atoms with E-state index in [9.17, 15) is 13.9 Å². The molecule has 2 bridgehead atoms. The largest absolute Gasteiger partial charge is 0.508 e. The summed E-state index contributed by atoms with van der Waals surface area (Å²) in [5.74, 6) is 1.07. The maximum atomic E-state index is 16.9. The third-order valence-corrected chi connectivity index (χ3v) is 10.2. The number of halogens is 4. The van der Waals surface area contributed by atoms with E-state index in [0.717, 1.165) is 32.2 Å². The third-order valence-electron chi connectivity index (χ3n) is 9.88. The lowest BCUT2D eigenvalue weighted by Gasteiger charge is -2.34. The van der Waals surface area contributed by atoms with E-state index in [-0.39, 0.29) is 68.7 Å². The summed E-state index contributed by atoms with van der Waals surface area (Å²) in [7, 11) is 0. The van der Waals surface area contributed by atoms with E-state index in [0.29, 0.717) is 37.3 Å². The fourth-order valence-corrected chi connectivity index (χ4v) is 8.17. The number of terminal acetylenes is 1. The molecule has 4 saturated heterocycles. The molecule has 2 aromatic heterocycles. The van der Waals surface area contributed by atoms with Crippen molar-refractivity contribution >= 4 is 39.1 Å². The van der Waals surface area contributed by atoms with Crippen LogP contribution in [0.5, 0.6) is 11.8 Å². The Morgan fingerprint density at radius 1 is 1.16 bits per heavy atom. The van der Waals surface area contributed by atoms with Crippen molar-refractivity contribution in [3.05, 3.63) is 46.6 Å². The minimum atomic E-state index is -0.940. The Balaban J connectivity index is 1.31. The SMILES string of the molecule is [2H]C#Cc1c(F)ccc2cc(O)cc(-c3nc(Cl)c4c(N5C[C@H]6CC[C@@H](C5)N6)nc(OC[C@@]56CCCN5C[C@H](F)C6)nc4c3F)c12. The van der Waals surface area contributed by atoms with Crippen molar-refractivity contribution in [2.24, 2.45) is 0 Å². The number of hydrogen-bond acceptors (Lipinski definition) is 8. The monoisotopic (exact) mass is 635 g/mol. The molecule has 0 saturated carbocycles. The number of ether oxygens (including phenoxy) is 1. The fourth-order valence-electron chi connectivity index (χ4n) is 7.92. The molecule has 8 rings (SSSR count). The van der Waals surface area contributed by atoms with Crippen LogP contribution in [-0.2, 0) is 0 Å². The summed E-state index contributed by atoms with van der Waals surface area (Å²) in [6.45, 7) is 2.55. The van der Waals surface area contributed by atoms with E-state index in [4.69, 9.17) is 22.7 Å². The number of rotatable bonds is 5. The summed E-state index contributed by atoms with van der Waals surface area (Å²) < 4.78 is 60.0. The maximum Gasteiger partial charge on any atom is 0.319 e. The molecule has 0 unspecified atom stereocenters. The zero-order valence-electron chi connectivity index (χ0n) is 25.2. The lowest BCUT2D eigenvalue weighted by Crippen LogP contribution is -2.51. The van der Waals surface area contributed by atoms with Crippen molar-refractivity contribution in [3.8, 4) is 35.3 Å². The van der Waals surface area contributed by atoms with Gasteiger partial charge in [-0.05, 0) is 55.8 Å². The number of aromatic hydroxyl groups is 1. The van der Waals surface area contributed by atoms with Crippen molar-refractivity contribution in [1.29, 1.82) is 0 Å². The Hall–Kier alpha value is -3.85. The molecule has 0 aliphatic carbocycles. The molecular formula is C33H30ClF3N6O2. The molecule has 2 aromatic carbocycles. The van der Waals surface area contributed by atoms with E-state index in [1.165, 1.54) is 24.3 Å². The molecule has 0 spiro atoms. The highest BCUT2D eigenvalue weighted by atomic mass is 35.5. The van der Waals surface area contributed by atoms with Crippen molar-refractivity contribution in [2.45, 2.75) is 55.9 Å². The summed E-state index contributed by atoms with van der Waals surface area (Å²) in [6.07, 6.45) is 5.12. The average Bonchev–Trinajstić information content (AvgIpc) is 3.68. The molecule has 8 nitrogen and oxygen atoms in total. The molecule has 4 fully saturated rings. The second-order valence-corrected chi connectivity index (χ2v) is 13.0. The van der Waals surface area contributed by atoms with Gasteiger partial charge in [-0.2, -0.15) is 9.97 Å². The lowest BCUT2D eigenvalue weighted by atomic mass is 9.95. The average molecular weight is 636 g/mol. The number of nitrogens with one attached hydrogen (secondary N) is 1. The summed E-state index contributed by atoms with van der Waals surface area (Å²) in [5, 5.41) is 14.8. The minimum Gasteiger partial charge on any atom is -0.508 e. The molecule has 12 heteroatoms. The second kappa shape index (κ2) is 10.6. The van der Waals surface area contributed by atoms with Crippen LogP contribution in [0.25, 0.3) is 32.9 Å². The van der Waals surface area contributed by atoms with Gasteiger partial charge in [0.25, 0.3) is 0 Å². The van der Waals surface area contributed by atoms with Gasteiger partial charge in [-0.1, -0.05) is 23.6 Å². The number of benzene rings is 2. The van der Waals surface area contributed by atoms with Gasteiger partial charge in [0, 0.05) is 49.1 Å². The predicted molar refractivity (Wildman–Crippen MR) is 166 cm³/mol. The van der Waals surface area contributed by atoms with E-state index >= 15 is 4.39 Å². The third kappa shape index (κ3) is 4.65. The summed E-state index contributed by atoms with van der Waals surface area (Å²) >= 11 is 6.86. The molecule has 232 valence electrons. The number of pyridine rings is 1. The molecule has 6 heterocycles. The van der Waals surface area contributed by atoms with Gasteiger partial charge in [0.2, 0.25) is 0 Å². The van der Waals surface area contributed by atoms with Gasteiger partial charge in [0.15, 0.2) is 5.82 Å². The second-order valence-electron chi connectivity index (χ2n) is 12.7. The summed E-state index contributed by atoms with van der Waals surface area (Å²) in [6, 6.07) is 5.68. The van der Waals surface area contributed by atoms with Crippen LogP contribution in [0.3, 0.4) is 0 Å². The van der Waals surface area contributed by atoms with Gasteiger partial charge < -0.3 is 20.1 Å². The number of fused-ring (bicyclic) bond motifs is 5. The van der Waals surface area contributed by atoms with Crippen LogP contribution >= 0.6 is 11.6 Å². The Morgan fingerprint density at radius 2 is 1.98 bits per heavy atom. The highest BCUT2D eigenvalue weighted by Crippen LogP contribution is 2.43. The first-order valence-electron chi connectivity index (χ1n) is 15.7. The van der Waals surface area contributed by atoms with Crippen LogP contribution in [0.1, 0.15) is 39.0 Å². The molecule has 4 atom stereocenters. The Labute approximate surface area is 264 Å². The Kier molecular flexibility index (Phi) is 6.48. The molecule has 45 heavy (non-hydrogen) atoms. The first kappa shape index (κ1) is 27.5. The summed E-state index contributed by atoms with van der Waals surface area (Å²) in [4.78, 5) is 17.9. The molecular weight excluding hydrogens is 605 g/mol. The number of anilines is 1. The molecule has 4 aromatic rings. The lowest BCUT2D eigenvalue weighted by molar-refractivity contribution is 0.107. The quantitative estimate of drug-likeness (QED) is 0.224. The Morgan fingerprint density at radius 3 is 2.78 bits per heavy atom. The van der Waals surface area contributed by atoms with Gasteiger partial charge in [0.05, 0.1) is 16.5 Å². The molecule has 4 aliphatic rings. The maximum absolute atomic E-state index is 16.9. The van der Waals surface area contributed by atoms with Gasteiger partial charge in [-0.15, -0.1) is 6.40 Å². The molecule has 0 amide bonds. The number of piperazine rings is 1. The van der Waals surface area contributed by atoms with Crippen molar-refractivity contribution < 1.29 is 24.4 Å². The van der Waals surface area contributed by atoms with E-state index in [2.05, 4.69) is 31.0 Å². The van der Waals surface area contributed by atoms with Gasteiger partial charge in [0.1, 0.15) is 47.9 Å². The van der Waals surface area contributed by atoms with Gasteiger partial charge >= 0.3 is 6.01 Å². The van der Waals surface area contributed by atoms with E-state index in [1.54, 1.807) is 0 Å². The smallest absolute Gasteiger partial charge is 0.319 e. The summed E-state index contributed by atoms with van der Waals surface area (Å²) in [5.41, 5.74) is -0.975. The van der Waals surface area contributed by atoms with E-state index < -0.39 is 23.3 Å². The predicted octanol–water partition coefficient (Wildman–Crippen LogP) is 5.36. The number of phenolic OH excluding ortho intramolecular Hbond substituents is 1. The van der Waals surface area contributed by atoms with Crippen molar-refractivity contribution in [1.82, 2.24) is 25.2 Å². The van der Waals surface area contributed by atoms with Crippen LogP contribution in [-0.4, -0.2) is 81.5 Å². The van der Waals surface area contributed by atoms with Gasteiger partial charge in [-0.25, -0.2) is 18.2 Å². The van der Waals surface area contributed by atoms with Crippen LogP contribution in [0.4, 0.5) is 19.0 Å². The highest BCUT2D eigenvalue weighted by molar-refractivity contribution is 6.35. The van der Waals surface area contributed by atoms with Crippen LogP contribution in [0, 0.1) is 24.0 Å². The zero-order valence-corrected chi connectivity index (χ0v) is 25.0. The topological polar surface area (TPSA) is 86.6 Å². The number of alkyl halides is 1. The molecule has 4 aliphatic heterocycles. The normalized spacial score (nSPS) is 26.3. The fraction of sp³-hybridized carbons (Fsp3) is 0.424. The standard InChI is InChI=1S/C33H30ClF3N6O2/c1-2-22-24(36)7-4-17-10-21(44)11-23(25(17)22)28-27(37)29-26(30(34)39-28)31(42-14-19-5-6-20(15-42)38-19)41-32(40-29)45-16-33-8-3-9-43(33)13-18(35)12-33/h1,4,7,10-11,18-20,38,44H,3,5-6,8-9,12-16H2/t18-,19-,20+,33+/m1/s1/i1D. The van der Waals surface area contributed by atoms with Crippen LogP contribution in [0.2, 0.25) is 5.15 Å².